The van der Waals surface area contributed by atoms with Gasteiger partial charge in [-0.25, -0.2) is 0 Å². The summed E-state index contributed by atoms with van der Waals surface area (Å²) < 4.78 is 0. The number of hydrogen-bond donors (Lipinski definition) is 2. The van der Waals surface area contributed by atoms with Crippen LogP contribution in [0, 0.1) is 0 Å². The number of rotatable bonds is 2. The normalized spacial score (nSPS) is 11.9. The van der Waals surface area contributed by atoms with Gasteiger partial charge in [0, 0.05) is 6.42 Å². The van der Waals surface area contributed by atoms with E-state index < -0.39 is 5.60 Å². The van der Waals surface area contributed by atoms with E-state index in [1.54, 1.807) is 13.8 Å². The minimum absolute atomic E-state index is 0.448. The standard InChI is InChI=1S/C6H11N3OS/c1-6(2,10)3-4-8-9-5(7)11-4/h10H,3H2,1-2H3,(H2,7,9). The topological polar surface area (TPSA) is 72.0 Å². The first-order valence-electron chi connectivity index (χ1n) is 3.27. The zero-order chi connectivity index (χ0) is 8.48. The van der Waals surface area contributed by atoms with Gasteiger partial charge in [0.1, 0.15) is 5.01 Å². The molecule has 0 amide bonds. The number of nitrogen functional groups attached to an aromatic ring is 1. The Morgan fingerprint density at radius 1 is 1.55 bits per heavy atom. The van der Waals surface area contributed by atoms with Crippen LogP contribution in [0.4, 0.5) is 5.13 Å². The maximum Gasteiger partial charge on any atom is 0.203 e. The lowest BCUT2D eigenvalue weighted by molar-refractivity contribution is 0.0807. The van der Waals surface area contributed by atoms with Crippen LogP contribution in [-0.2, 0) is 6.42 Å². The average Bonchev–Trinajstić information content (AvgIpc) is 2.10. The molecule has 3 N–H and O–H groups in total. The van der Waals surface area contributed by atoms with Crippen LogP contribution in [0.1, 0.15) is 18.9 Å². The van der Waals surface area contributed by atoms with Crippen LogP contribution in [0.3, 0.4) is 0 Å². The van der Waals surface area contributed by atoms with Gasteiger partial charge in [-0.2, -0.15) is 0 Å². The molecule has 4 nitrogen and oxygen atoms in total. The van der Waals surface area contributed by atoms with Gasteiger partial charge in [-0.3, -0.25) is 0 Å². The van der Waals surface area contributed by atoms with Crippen molar-refractivity contribution in [2.45, 2.75) is 25.9 Å². The van der Waals surface area contributed by atoms with Crippen molar-refractivity contribution in [3.8, 4) is 0 Å². The zero-order valence-electron chi connectivity index (χ0n) is 6.53. The smallest absolute Gasteiger partial charge is 0.203 e. The van der Waals surface area contributed by atoms with Crippen molar-refractivity contribution in [2.75, 3.05) is 5.73 Å². The van der Waals surface area contributed by atoms with Crippen LogP contribution >= 0.6 is 11.3 Å². The van der Waals surface area contributed by atoms with Gasteiger partial charge in [0.25, 0.3) is 0 Å². The maximum atomic E-state index is 9.38. The average molecular weight is 173 g/mol. The summed E-state index contributed by atoms with van der Waals surface area (Å²) in [5, 5.41) is 18.0. The van der Waals surface area contributed by atoms with Gasteiger partial charge in [0.15, 0.2) is 0 Å². The quantitative estimate of drug-likeness (QED) is 0.680. The third-order valence-corrected chi connectivity index (χ3v) is 1.82. The van der Waals surface area contributed by atoms with Crippen molar-refractivity contribution in [1.82, 2.24) is 10.2 Å². The fourth-order valence-electron chi connectivity index (χ4n) is 0.708. The lowest BCUT2D eigenvalue weighted by Crippen LogP contribution is -2.21. The summed E-state index contributed by atoms with van der Waals surface area (Å²) in [5.41, 5.74) is 4.63. The van der Waals surface area contributed by atoms with Crippen molar-refractivity contribution in [3.63, 3.8) is 0 Å². The van der Waals surface area contributed by atoms with Crippen LogP contribution in [0.2, 0.25) is 0 Å². The Morgan fingerprint density at radius 3 is 2.55 bits per heavy atom. The molecule has 62 valence electrons. The van der Waals surface area contributed by atoms with Crippen molar-refractivity contribution in [1.29, 1.82) is 0 Å². The molecule has 0 saturated heterocycles. The van der Waals surface area contributed by atoms with E-state index in [9.17, 15) is 5.11 Å². The van der Waals surface area contributed by atoms with Gasteiger partial charge in [-0.15, -0.1) is 10.2 Å². The first-order chi connectivity index (χ1) is 4.97. The molecule has 0 aliphatic carbocycles. The highest BCUT2D eigenvalue weighted by Gasteiger charge is 2.16. The minimum atomic E-state index is -0.730. The summed E-state index contributed by atoms with van der Waals surface area (Å²) >= 11 is 1.31. The summed E-state index contributed by atoms with van der Waals surface area (Å²) in [6.07, 6.45) is 0.502. The fourth-order valence-corrected chi connectivity index (χ4v) is 1.54. The monoisotopic (exact) mass is 173 g/mol. The van der Waals surface area contributed by atoms with Gasteiger partial charge in [-0.1, -0.05) is 11.3 Å². The first-order valence-corrected chi connectivity index (χ1v) is 4.09. The van der Waals surface area contributed by atoms with Gasteiger partial charge in [0.2, 0.25) is 5.13 Å². The van der Waals surface area contributed by atoms with Crippen LogP contribution in [0.15, 0.2) is 0 Å². The molecule has 0 atom stereocenters. The lowest BCUT2D eigenvalue weighted by Gasteiger charge is -2.13. The molecule has 0 fully saturated rings. The van der Waals surface area contributed by atoms with E-state index in [1.165, 1.54) is 11.3 Å². The highest BCUT2D eigenvalue weighted by atomic mass is 32.1. The summed E-state index contributed by atoms with van der Waals surface area (Å²) in [7, 11) is 0. The second-order valence-corrected chi connectivity index (χ2v) is 4.12. The second-order valence-electron chi connectivity index (χ2n) is 3.02. The minimum Gasteiger partial charge on any atom is -0.390 e. The largest absolute Gasteiger partial charge is 0.390 e. The van der Waals surface area contributed by atoms with E-state index in [-0.39, 0.29) is 0 Å². The molecule has 0 aliphatic rings. The molecule has 11 heavy (non-hydrogen) atoms. The molecule has 0 aromatic carbocycles. The second kappa shape index (κ2) is 2.75. The Bertz CT molecular complexity index is 240. The maximum absolute atomic E-state index is 9.38. The number of anilines is 1. The molecule has 0 unspecified atom stereocenters. The summed E-state index contributed by atoms with van der Waals surface area (Å²) in [4.78, 5) is 0. The SMILES string of the molecule is CC(C)(O)Cc1nnc(N)s1. The molecule has 0 saturated carbocycles. The molecule has 0 spiro atoms. The number of nitrogens with two attached hydrogens (primary N) is 1. The Labute approximate surface area is 69.1 Å². The van der Waals surface area contributed by atoms with Crippen molar-refractivity contribution in [2.24, 2.45) is 0 Å². The summed E-state index contributed by atoms with van der Waals surface area (Å²) in [6, 6.07) is 0. The third kappa shape index (κ3) is 2.81. The summed E-state index contributed by atoms with van der Waals surface area (Å²) in [5.74, 6) is 0. The van der Waals surface area contributed by atoms with Crippen LogP contribution < -0.4 is 5.73 Å². The van der Waals surface area contributed by atoms with Crippen molar-refractivity contribution >= 4 is 16.5 Å². The van der Waals surface area contributed by atoms with Gasteiger partial charge in [-0.05, 0) is 13.8 Å². The van der Waals surface area contributed by atoms with Crippen molar-refractivity contribution < 1.29 is 5.11 Å². The Hall–Kier alpha value is -0.680. The first kappa shape index (κ1) is 8.42. The van der Waals surface area contributed by atoms with E-state index in [4.69, 9.17) is 5.73 Å². The van der Waals surface area contributed by atoms with E-state index in [0.29, 0.717) is 11.6 Å². The zero-order valence-corrected chi connectivity index (χ0v) is 7.35. The molecule has 1 heterocycles. The number of aliphatic hydroxyl groups is 1. The van der Waals surface area contributed by atoms with E-state index >= 15 is 0 Å². The van der Waals surface area contributed by atoms with Crippen LogP contribution in [0.5, 0.6) is 0 Å². The van der Waals surface area contributed by atoms with Gasteiger partial charge >= 0.3 is 0 Å². The predicted molar refractivity (Wildman–Crippen MR) is 44.3 cm³/mol. The van der Waals surface area contributed by atoms with E-state index in [2.05, 4.69) is 10.2 Å². The third-order valence-electron chi connectivity index (χ3n) is 1.07. The highest BCUT2D eigenvalue weighted by Crippen LogP contribution is 2.17. The molecule has 1 rings (SSSR count). The molecule has 0 radical (unpaired) electrons. The van der Waals surface area contributed by atoms with Gasteiger partial charge in [0.05, 0.1) is 5.60 Å². The van der Waals surface area contributed by atoms with Gasteiger partial charge < -0.3 is 10.8 Å². The molecular formula is C6H11N3OS. The predicted octanol–water partition coefficient (Wildman–Crippen LogP) is 0.434. The Morgan fingerprint density at radius 2 is 2.18 bits per heavy atom. The van der Waals surface area contributed by atoms with Crippen LogP contribution in [0.25, 0.3) is 0 Å². The fraction of sp³-hybridized carbons (Fsp3) is 0.667. The molecule has 0 aliphatic heterocycles. The van der Waals surface area contributed by atoms with Crippen LogP contribution in [-0.4, -0.2) is 20.9 Å². The molecule has 1 aromatic heterocycles. The molecule has 0 bridgehead atoms. The van der Waals surface area contributed by atoms with Crippen molar-refractivity contribution in [3.05, 3.63) is 5.01 Å². The Balaban J connectivity index is 2.65. The van der Waals surface area contributed by atoms with E-state index in [0.717, 1.165) is 5.01 Å². The summed E-state index contributed by atoms with van der Waals surface area (Å²) in [6.45, 7) is 3.45. The number of nitrogens with zero attached hydrogens (tertiary/aromatic N) is 2. The molecule has 1 aromatic rings. The highest BCUT2D eigenvalue weighted by molar-refractivity contribution is 7.15. The Kier molecular flexibility index (Phi) is 2.10. The lowest BCUT2D eigenvalue weighted by atomic mass is 10.1. The molecular weight excluding hydrogens is 162 g/mol. The van der Waals surface area contributed by atoms with E-state index in [1.807, 2.05) is 0 Å². The molecule has 5 heteroatoms. The number of aromatic nitrogens is 2. The number of hydrogen-bond acceptors (Lipinski definition) is 5.